The molecule has 0 radical (unpaired) electrons. The summed E-state index contributed by atoms with van der Waals surface area (Å²) in [7, 11) is -3.49. The van der Waals surface area contributed by atoms with E-state index in [0.29, 0.717) is 5.70 Å². The van der Waals surface area contributed by atoms with Crippen LogP contribution in [0.3, 0.4) is 0 Å². The highest BCUT2D eigenvalue weighted by molar-refractivity contribution is 7.53. The lowest BCUT2D eigenvalue weighted by Crippen LogP contribution is -2.49. The minimum absolute atomic E-state index is 0.128. The maximum absolute atomic E-state index is 12.3. The van der Waals surface area contributed by atoms with Crippen LogP contribution in [0.4, 0.5) is 4.79 Å². The molecule has 0 aromatic heterocycles. The molecule has 0 saturated carbocycles. The molecule has 0 aliphatic carbocycles. The molecular formula is C17H27N4O9P. The predicted molar refractivity (Wildman–Crippen MR) is 106 cm³/mol. The van der Waals surface area contributed by atoms with Gasteiger partial charge in [-0.15, -0.1) is 0 Å². The first-order valence-electron chi connectivity index (χ1n) is 9.52. The van der Waals surface area contributed by atoms with Crippen LogP contribution in [0.5, 0.6) is 0 Å². The summed E-state index contributed by atoms with van der Waals surface area (Å²) >= 11 is 0. The number of carbonyl (C=O) groups excluding carboxylic acids is 3. The molecule has 4 amide bonds. The number of allylic oxidation sites excluding steroid dienone is 1. The van der Waals surface area contributed by atoms with Crippen LogP contribution < -0.4 is 16.0 Å². The van der Waals surface area contributed by atoms with Crippen molar-refractivity contribution in [3.05, 3.63) is 24.6 Å². The Balaban J connectivity index is 1.88. The molecule has 0 bridgehead atoms. The number of aliphatic hydroxyl groups is 2. The van der Waals surface area contributed by atoms with Gasteiger partial charge in [0.25, 0.3) is 5.91 Å². The molecule has 174 valence electrons. The summed E-state index contributed by atoms with van der Waals surface area (Å²) in [6, 6.07) is -0.655. The van der Waals surface area contributed by atoms with Crippen molar-refractivity contribution in [1.29, 1.82) is 0 Å². The van der Waals surface area contributed by atoms with Crippen LogP contribution in [-0.4, -0.2) is 83.5 Å². The first-order valence-corrected chi connectivity index (χ1v) is 11.2. The average Bonchev–Trinajstić information content (AvgIpc) is 3.00. The van der Waals surface area contributed by atoms with Crippen molar-refractivity contribution < 1.29 is 42.9 Å². The van der Waals surface area contributed by atoms with Gasteiger partial charge in [0.05, 0.1) is 19.8 Å². The van der Waals surface area contributed by atoms with Crippen LogP contribution in [0.1, 0.15) is 13.8 Å². The van der Waals surface area contributed by atoms with Gasteiger partial charge in [0, 0.05) is 11.9 Å². The van der Waals surface area contributed by atoms with Crippen molar-refractivity contribution in [2.45, 2.75) is 38.4 Å². The van der Waals surface area contributed by atoms with Gasteiger partial charge in [-0.25, -0.2) is 4.79 Å². The highest BCUT2D eigenvalue weighted by Gasteiger charge is 2.49. The molecule has 0 aromatic carbocycles. The largest absolute Gasteiger partial charge is 0.387 e. The molecule has 1 fully saturated rings. The summed E-state index contributed by atoms with van der Waals surface area (Å²) in [4.78, 5) is 37.3. The van der Waals surface area contributed by atoms with Crippen LogP contribution >= 0.6 is 7.60 Å². The van der Waals surface area contributed by atoms with E-state index in [1.54, 1.807) is 13.8 Å². The lowest BCUT2D eigenvalue weighted by atomic mass is 10.1. The van der Waals surface area contributed by atoms with Gasteiger partial charge in [-0.05, 0) is 19.9 Å². The third kappa shape index (κ3) is 6.35. The summed E-state index contributed by atoms with van der Waals surface area (Å²) in [6.45, 7) is 6.55. The first kappa shape index (κ1) is 25.0. The van der Waals surface area contributed by atoms with Crippen molar-refractivity contribution >= 4 is 25.4 Å². The second-order valence-electron chi connectivity index (χ2n) is 6.53. The molecule has 2 aliphatic rings. The zero-order valence-electron chi connectivity index (χ0n) is 17.1. The summed E-state index contributed by atoms with van der Waals surface area (Å²) in [5.41, 5.74) is 0.327. The topological polar surface area (TPSA) is 176 Å². The van der Waals surface area contributed by atoms with Crippen molar-refractivity contribution in [1.82, 2.24) is 20.9 Å². The lowest BCUT2D eigenvalue weighted by Gasteiger charge is -2.29. The van der Waals surface area contributed by atoms with Gasteiger partial charge in [-0.1, -0.05) is 6.58 Å². The number of hydrogen-bond donors (Lipinski definition) is 5. The van der Waals surface area contributed by atoms with Crippen LogP contribution in [0.25, 0.3) is 0 Å². The fraction of sp³-hybridized carbons (Fsp3) is 0.588. The Morgan fingerprint density at radius 2 is 1.90 bits per heavy atom. The van der Waals surface area contributed by atoms with Gasteiger partial charge >= 0.3 is 13.6 Å². The fourth-order valence-electron chi connectivity index (χ4n) is 2.83. The third-order valence-electron chi connectivity index (χ3n) is 4.25. The van der Waals surface area contributed by atoms with Gasteiger partial charge in [0.15, 0.2) is 12.3 Å². The van der Waals surface area contributed by atoms with Crippen molar-refractivity contribution in [2.24, 2.45) is 0 Å². The van der Waals surface area contributed by atoms with Crippen LogP contribution in [-0.2, 0) is 27.9 Å². The molecule has 1 saturated heterocycles. The molecule has 4 atom stereocenters. The normalized spacial score (nSPS) is 26.0. The van der Waals surface area contributed by atoms with Crippen LogP contribution in [0.2, 0.25) is 0 Å². The Hall–Kier alpha value is -2.28. The maximum Gasteiger partial charge on any atom is 0.349 e. The van der Waals surface area contributed by atoms with Crippen LogP contribution in [0, 0.1) is 0 Å². The smallest absolute Gasteiger partial charge is 0.349 e. The summed E-state index contributed by atoms with van der Waals surface area (Å²) in [5, 5.41) is 27.3. The van der Waals surface area contributed by atoms with E-state index < -0.39 is 56.5 Å². The van der Waals surface area contributed by atoms with E-state index in [4.69, 9.17) is 13.8 Å². The Bertz CT molecular complexity index is 780. The van der Waals surface area contributed by atoms with Crippen molar-refractivity contribution in [3.63, 3.8) is 0 Å². The third-order valence-corrected chi connectivity index (χ3v) is 6.10. The van der Waals surface area contributed by atoms with E-state index >= 15 is 0 Å². The van der Waals surface area contributed by atoms with E-state index in [1.807, 2.05) is 0 Å². The van der Waals surface area contributed by atoms with Gasteiger partial charge in [-0.2, -0.15) is 0 Å². The number of hydrogen-bond acceptors (Lipinski definition) is 9. The summed E-state index contributed by atoms with van der Waals surface area (Å²) in [6.07, 6.45) is -3.71. The predicted octanol–water partition coefficient (Wildman–Crippen LogP) is -1.06. The van der Waals surface area contributed by atoms with E-state index in [-0.39, 0.29) is 19.5 Å². The Morgan fingerprint density at radius 3 is 2.48 bits per heavy atom. The number of amides is 4. The minimum Gasteiger partial charge on any atom is -0.387 e. The zero-order chi connectivity index (χ0) is 23.2. The number of carbonyl (C=O) groups is 3. The Morgan fingerprint density at radius 1 is 1.26 bits per heavy atom. The summed E-state index contributed by atoms with van der Waals surface area (Å²) in [5.74, 6) is -1.57. The first-order chi connectivity index (χ1) is 14.6. The molecule has 14 heteroatoms. The van der Waals surface area contributed by atoms with Crippen molar-refractivity contribution in [3.8, 4) is 0 Å². The molecule has 2 rings (SSSR count). The number of nitrogens with one attached hydrogen (secondary N) is 3. The quantitative estimate of drug-likeness (QED) is 0.253. The fourth-order valence-corrected chi connectivity index (χ4v) is 4.24. The van der Waals surface area contributed by atoms with E-state index in [2.05, 4.69) is 22.5 Å². The minimum atomic E-state index is -3.49. The average molecular weight is 462 g/mol. The summed E-state index contributed by atoms with van der Waals surface area (Å²) < 4.78 is 27.7. The number of aliphatic hydroxyl groups excluding tert-OH is 2. The van der Waals surface area contributed by atoms with Gasteiger partial charge in [0.1, 0.15) is 18.5 Å². The second kappa shape index (κ2) is 10.8. The Labute approximate surface area is 178 Å². The molecule has 0 spiro atoms. The number of ether oxygens (including phenoxy) is 1. The number of nitrogens with zero attached hydrogens (tertiary/aromatic N) is 1. The van der Waals surface area contributed by atoms with Gasteiger partial charge in [-0.3, -0.25) is 19.1 Å². The van der Waals surface area contributed by atoms with E-state index in [1.165, 1.54) is 12.3 Å². The highest BCUT2D eigenvalue weighted by atomic mass is 31.2. The second-order valence-corrected chi connectivity index (χ2v) is 8.58. The van der Waals surface area contributed by atoms with Gasteiger partial charge < -0.3 is 39.9 Å². The zero-order valence-corrected chi connectivity index (χ0v) is 18.0. The Kier molecular flexibility index (Phi) is 8.74. The number of urea groups is 1. The molecule has 31 heavy (non-hydrogen) atoms. The maximum atomic E-state index is 12.3. The van der Waals surface area contributed by atoms with Crippen LogP contribution in [0.15, 0.2) is 24.6 Å². The molecular weight excluding hydrogens is 435 g/mol. The lowest BCUT2D eigenvalue weighted by molar-refractivity contribution is -0.139. The van der Waals surface area contributed by atoms with Gasteiger partial charge in [0.2, 0.25) is 5.91 Å². The van der Waals surface area contributed by atoms with E-state index in [0.717, 1.165) is 4.90 Å². The molecule has 13 nitrogen and oxygen atoms in total. The number of rotatable bonds is 10. The monoisotopic (exact) mass is 462 g/mol. The highest BCUT2D eigenvalue weighted by Crippen LogP contribution is 2.46. The SMILES string of the molecule is C=C1C=CN([C@@H]2O[C@H](C(=O)NCC(=O)NCP(=O)(OCC)OCC)[C@@H](O)[C@H]2O)C(=O)N1. The van der Waals surface area contributed by atoms with Crippen molar-refractivity contribution in [2.75, 3.05) is 26.0 Å². The molecule has 2 aliphatic heterocycles. The molecule has 5 N–H and O–H groups in total. The molecule has 0 unspecified atom stereocenters. The van der Waals surface area contributed by atoms with E-state index in [9.17, 15) is 29.2 Å². The standard InChI is InChI=1S/C17H27N4O9P/c1-4-28-31(27,29-5-2)9-19-11(22)8-18-15(25)14-12(23)13(24)16(30-14)21-7-6-10(3)20-17(21)26/h6-7,12-14,16,23-24H,3-5,8-9H2,1-2H3,(H,18,25)(H,19,22)(H,20,26)/t12-,13+,14-,16+/m0/s1. The molecule has 0 aromatic rings. The molecule has 2 heterocycles.